The molecule has 0 fully saturated rings. The predicted octanol–water partition coefficient (Wildman–Crippen LogP) is 4.07. The van der Waals surface area contributed by atoms with Crippen molar-refractivity contribution >= 4 is 27.8 Å². The molecule has 0 unspecified atom stereocenters. The zero-order chi connectivity index (χ0) is 21.7. The van der Waals surface area contributed by atoms with Crippen molar-refractivity contribution in [3.63, 3.8) is 0 Å². The van der Waals surface area contributed by atoms with Crippen molar-refractivity contribution in [2.24, 2.45) is 0 Å². The van der Waals surface area contributed by atoms with Gasteiger partial charge in [0.15, 0.2) is 5.65 Å². The van der Waals surface area contributed by atoms with E-state index in [1.807, 2.05) is 0 Å². The van der Waals surface area contributed by atoms with Crippen LogP contribution >= 0.6 is 0 Å². The van der Waals surface area contributed by atoms with Gasteiger partial charge >= 0.3 is 0 Å². The number of aromatic nitrogens is 4. The second kappa shape index (κ2) is 6.98. The van der Waals surface area contributed by atoms with Crippen molar-refractivity contribution in [3.8, 4) is 11.1 Å². The van der Waals surface area contributed by atoms with Crippen LogP contribution in [0.25, 0.3) is 33.1 Å². The molecule has 0 saturated heterocycles. The monoisotopic (exact) mass is 419 g/mol. The van der Waals surface area contributed by atoms with Crippen LogP contribution < -0.4 is 11.2 Å². The van der Waals surface area contributed by atoms with Crippen molar-refractivity contribution in [2.45, 2.75) is 13.0 Å². The van der Waals surface area contributed by atoms with E-state index in [-0.39, 0.29) is 33.7 Å². The van der Waals surface area contributed by atoms with Gasteiger partial charge in [0, 0.05) is 0 Å². The minimum absolute atomic E-state index is 0.0512. The van der Waals surface area contributed by atoms with Crippen LogP contribution in [-0.2, 0) is 0 Å². The molecule has 154 valence electrons. The summed E-state index contributed by atoms with van der Waals surface area (Å²) in [6, 6.07) is 9.00. The molecule has 5 rings (SSSR count). The lowest BCUT2D eigenvalue weighted by molar-refractivity contribution is 0.444. The average molecular weight is 419 g/mol. The van der Waals surface area contributed by atoms with E-state index in [0.717, 1.165) is 0 Å². The second-order valence-corrected chi connectivity index (χ2v) is 7.06. The van der Waals surface area contributed by atoms with Crippen molar-refractivity contribution < 1.29 is 13.2 Å². The topological polar surface area (TPSA) is 99.8 Å². The Bertz CT molecular complexity index is 1530. The number of nitrogens with zero attached hydrogens (tertiary/aromatic N) is 4. The molecule has 0 aliphatic heterocycles. The van der Waals surface area contributed by atoms with Crippen LogP contribution in [0.2, 0.25) is 0 Å². The predicted molar refractivity (Wildman–Crippen MR) is 111 cm³/mol. The molecule has 9 heteroatoms. The second-order valence-electron chi connectivity index (χ2n) is 7.06. The van der Waals surface area contributed by atoms with Gasteiger partial charge in [0.25, 0.3) is 0 Å². The number of rotatable bonds is 3. The van der Waals surface area contributed by atoms with Gasteiger partial charge in [-0.25, -0.2) is 23.4 Å². The first-order valence-corrected chi connectivity index (χ1v) is 9.40. The summed E-state index contributed by atoms with van der Waals surface area (Å²) in [6.07, 6.45) is 2.82. The largest absolute Gasteiger partial charge is 0.458 e. The van der Waals surface area contributed by atoms with E-state index >= 15 is 0 Å². The maximum atomic E-state index is 14.5. The summed E-state index contributed by atoms with van der Waals surface area (Å²) >= 11 is 0. The van der Waals surface area contributed by atoms with Crippen LogP contribution in [0.3, 0.4) is 0 Å². The maximum absolute atomic E-state index is 14.5. The first kappa shape index (κ1) is 18.9. The molecule has 2 N–H and O–H groups in total. The molecule has 7 nitrogen and oxygen atoms in total. The Balaban J connectivity index is 1.84. The Kier molecular flexibility index (Phi) is 4.25. The minimum Gasteiger partial charge on any atom is -0.458 e. The van der Waals surface area contributed by atoms with Gasteiger partial charge in [-0.1, -0.05) is 18.2 Å². The molecular formula is C22H15F2N5O2. The molecule has 31 heavy (non-hydrogen) atoms. The average Bonchev–Trinajstić information content (AvgIpc) is 3.18. The van der Waals surface area contributed by atoms with E-state index in [2.05, 4.69) is 15.1 Å². The lowest BCUT2D eigenvalue weighted by Crippen LogP contribution is -2.17. The van der Waals surface area contributed by atoms with E-state index < -0.39 is 23.1 Å². The summed E-state index contributed by atoms with van der Waals surface area (Å²) in [7, 11) is 0. The van der Waals surface area contributed by atoms with Gasteiger partial charge in [-0.3, -0.25) is 4.79 Å². The van der Waals surface area contributed by atoms with Crippen LogP contribution in [0.15, 0.2) is 64.2 Å². The molecule has 0 bridgehead atoms. The Hall–Kier alpha value is -4.14. The third kappa shape index (κ3) is 2.93. The summed E-state index contributed by atoms with van der Waals surface area (Å²) in [5, 5.41) is 4.67. The first-order chi connectivity index (χ1) is 15.0. The molecule has 0 saturated carbocycles. The summed E-state index contributed by atoms with van der Waals surface area (Å²) in [6.45, 7) is 1.75. The van der Waals surface area contributed by atoms with Gasteiger partial charge in [-0.15, -0.1) is 0 Å². The highest BCUT2D eigenvalue weighted by molar-refractivity contribution is 5.86. The summed E-state index contributed by atoms with van der Waals surface area (Å²) in [5.41, 5.74) is 6.14. The van der Waals surface area contributed by atoms with Crippen LogP contribution in [0.4, 0.5) is 14.6 Å². The van der Waals surface area contributed by atoms with E-state index in [1.165, 1.54) is 53.6 Å². The van der Waals surface area contributed by atoms with E-state index in [4.69, 9.17) is 10.2 Å². The number of fused-ring (bicyclic) bond motifs is 2. The number of benzene rings is 2. The number of anilines is 1. The van der Waals surface area contributed by atoms with E-state index in [1.54, 1.807) is 13.0 Å². The molecule has 1 atom stereocenters. The molecule has 0 spiro atoms. The number of halogens is 2. The summed E-state index contributed by atoms with van der Waals surface area (Å²) in [5.74, 6) is -0.797. The van der Waals surface area contributed by atoms with Gasteiger partial charge in [-0.05, 0) is 36.8 Å². The molecule has 0 radical (unpaired) electrons. The van der Waals surface area contributed by atoms with Gasteiger partial charge in [0.1, 0.15) is 46.6 Å². The third-order valence-electron chi connectivity index (χ3n) is 5.18. The number of nitrogens with two attached hydrogens (primary N) is 1. The first-order valence-electron chi connectivity index (χ1n) is 9.40. The van der Waals surface area contributed by atoms with Crippen LogP contribution in [-0.4, -0.2) is 19.7 Å². The fourth-order valence-electron chi connectivity index (χ4n) is 3.70. The van der Waals surface area contributed by atoms with Crippen molar-refractivity contribution in [1.29, 1.82) is 0 Å². The zero-order valence-electron chi connectivity index (χ0n) is 16.2. The third-order valence-corrected chi connectivity index (χ3v) is 5.18. The fourth-order valence-corrected chi connectivity index (χ4v) is 3.70. The quantitative estimate of drug-likeness (QED) is 0.473. The zero-order valence-corrected chi connectivity index (χ0v) is 16.2. The van der Waals surface area contributed by atoms with E-state index in [0.29, 0.717) is 11.0 Å². The fraction of sp³-hybridized carbons (Fsp3) is 0.0909. The number of nitrogen functional groups attached to an aromatic ring is 1. The van der Waals surface area contributed by atoms with Gasteiger partial charge in [0.2, 0.25) is 5.43 Å². The Morgan fingerprint density at radius 3 is 2.74 bits per heavy atom. The van der Waals surface area contributed by atoms with Crippen LogP contribution in [0.5, 0.6) is 0 Å². The number of hydrogen-bond donors (Lipinski definition) is 1. The van der Waals surface area contributed by atoms with Crippen LogP contribution in [0.1, 0.15) is 18.7 Å². The van der Waals surface area contributed by atoms with Crippen molar-refractivity contribution in [1.82, 2.24) is 19.7 Å². The Morgan fingerprint density at radius 1 is 1.13 bits per heavy atom. The molecule has 0 aliphatic rings. The lowest BCUT2D eigenvalue weighted by atomic mass is 9.99. The maximum Gasteiger partial charge on any atom is 0.203 e. The van der Waals surface area contributed by atoms with Gasteiger partial charge in [0.05, 0.1) is 17.1 Å². The molecular weight excluding hydrogens is 404 g/mol. The van der Waals surface area contributed by atoms with Crippen molar-refractivity contribution in [3.05, 3.63) is 82.6 Å². The normalized spacial score (nSPS) is 12.5. The molecule has 0 amide bonds. The highest BCUT2D eigenvalue weighted by Gasteiger charge is 2.25. The van der Waals surface area contributed by atoms with Gasteiger partial charge in [-0.2, -0.15) is 5.10 Å². The minimum atomic E-state index is -0.715. The molecule has 0 aliphatic carbocycles. The number of hydrogen-bond acceptors (Lipinski definition) is 6. The highest BCUT2D eigenvalue weighted by Crippen LogP contribution is 2.33. The summed E-state index contributed by atoms with van der Waals surface area (Å²) < 4.78 is 36.0. The van der Waals surface area contributed by atoms with Gasteiger partial charge < -0.3 is 10.2 Å². The smallest absolute Gasteiger partial charge is 0.203 e. The summed E-state index contributed by atoms with van der Waals surface area (Å²) in [4.78, 5) is 21.6. The molecule has 5 aromatic rings. The Labute approximate surface area is 173 Å². The highest BCUT2D eigenvalue weighted by atomic mass is 19.1. The SMILES string of the molecule is C[C@@H](c1oc2cccc(F)c2c(=O)c1-c1cccc(F)c1)n1ncc2c(N)ncnc21. The molecule has 3 aromatic heterocycles. The van der Waals surface area contributed by atoms with Crippen LogP contribution in [0, 0.1) is 11.6 Å². The molecule has 3 heterocycles. The standard InChI is InChI=1S/C22H15F2N5O2/c1-11(29-22-14(9-28-29)21(25)26-10-27-22)20-17(12-4-2-5-13(23)8-12)19(30)18-15(24)6-3-7-16(18)31-20/h2-11H,1H3,(H2,25,26,27)/t11-/m0/s1. The Morgan fingerprint density at radius 2 is 1.94 bits per heavy atom. The van der Waals surface area contributed by atoms with E-state index in [9.17, 15) is 13.6 Å². The van der Waals surface area contributed by atoms with Crippen molar-refractivity contribution in [2.75, 3.05) is 5.73 Å². The lowest BCUT2D eigenvalue weighted by Gasteiger charge is -2.17. The molecule has 2 aromatic carbocycles.